The minimum Gasteiger partial charge on any atom is -0.387 e. The fraction of sp³-hybridized carbons (Fsp3) is 0.333. The maximum atomic E-state index is 9.08. The van der Waals surface area contributed by atoms with E-state index in [0.29, 0.717) is 15.7 Å². The molecule has 0 aromatic carbocycles. The highest BCUT2D eigenvalue weighted by Gasteiger charge is 2.05. The van der Waals surface area contributed by atoms with Gasteiger partial charge >= 0.3 is 0 Å². The molecule has 0 saturated carbocycles. The molecule has 1 aromatic rings. The van der Waals surface area contributed by atoms with Gasteiger partial charge in [0.05, 0.1) is 18.0 Å². The van der Waals surface area contributed by atoms with Crippen molar-refractivity contribution in [3.8, 4) is 0 Å². The van der Waals surface area contributed by atoms with Crippen LogP contribution in [0.25, 0.3) is 0 Å². The van der Waals surface area contributed by atoms with Crippen molar-refractivity contribution in [3.05, 3.63) is 17.7 Å². The highest BCUT2D eigenvalue weighted by molar-refractivity contribution is 8.11. The summed E-state index contributed by atoms with van der Waals surface area (Å²) in [5.74, 6) is 0.527. The molecule has 0 fully saturated rings. The van der Waals surface area contributed by atoms with Crippen LogP contribution in [0, 0.1) is 0 Å². The largest absolute Gasteiger partial charge is 0.387 e. The number of thiol groups is 1. The third-order valence-corrected chi connectivity index (χ3v) is 1.65. The number of H-pyrrole nitrogens is 1. The first-order valence-electron chi connectivity index (χ1n) is 3.07. The van der Waals surface area contributed by atoms with E-state index in [-0.39, 0.29) is 0 Å². The van der Waals surface area contributed by atoms with Gasteiger partial charge in [0.15, 0.2) is 5.82 Å². The van der Waals surface area contributed by atoms with Gasteiger partial charge in [-0.05, 0) is 6.92 Å². The zero-order valence-corrected chi connectivity index (χ0v) is 7.62. The van der Waals surface area contributed by atoms with Gasteiger partial charge in [0.25, 0.3) is 0 Å². The van der Waals surface area contributed by atoms with Crippen molar-refractivity contribution in [3.63, 3.8) is 0 Å². The average molecular weight is 188 g/mol. The molecule has 0 radical (unpaired) electrons. The quantitative estimate of drug-likeness (QED) is 0.480. The van der Waals surface area contributed by atoms with Crippen LogP contribution in [0.3, 0.4) is 0 Å². The summed E-state index contributed by atoms with van der Waals surface area (Å²) in [6, 6.07) is 0. The summed E-state index contributed by atoms with van der Waals surface area (Å²) < 4.78 is 0.400. The monoisotopic (exact) mass is 188 g/mol. The summed E-state index contributed by atoms with van der Waals surface area (Å²) in [6.07, 6.45) is 1.00. The first kappa shape index (κ1) is 8.70. The second kappa shape index (κ2) is 3.34. The SMILES string of the molecule is CC(O)c1cnc(C(=S)S)[nH]1. The van der Waals surface area contributed by atoms with Gasteiger partial charge < -0.3 is 10.1 Å². The molecular formula is C6H8N2OS2. The van der Waals surface area contributed by atoms with E-state index in [2.05, 4.69) is 22.6 Å². The molecule has 1 unspecified atom stereocenters. The minimum absolute atomic E-state index is 0.400. The molecule has 0 amide bonds. The lowest BCUT2D eigenvalue weighted by Gasteiger charge is -1.96. The molecule has 0 aliphatic rings. The van der Waals surface area contributed by atoms with Crippen molar-refractivity contribution in [1.82, 2.24) is 9.97 Å². The second-order valence-corrected chi connectivity index (χ2v) is 3.33. The molecule has 0 aliphatic carbocycles. The zero-order valence-electron chi connectivity index (χ0n) is 5.90. The summed E-state index contributed by atoms with van der Waals surface area (Å²) in [5.41, 5.74) is 0.649. The molecule has 3 nitrogen and oxygen atoms in total. The van der Waals surface area contributed by atoms with Crippen LogP contribution in [0.1, 0.15) is 24.5 Å². The Bertz CT molecular complexity index is 269. The summed E-state index contributed by atoms with van der Waals surface area (Å²) in [5, 5.41) is 9.08. The Kier molecular flexibility index (Phi) is 2.64. The second-order valence-electron chi connectivity index (χ2n) is 2.17. The predicted molar refractivity (Wildman–Crippen MR) is 49.9 cm³/mol. The van der Waals surface area contributed by atoms with E-state index in [9.17, 15) is 0 Å². The van der Waals surface area contributed by atoms with Gasteiger partial charge in [-0.1, -0.05) is 12.2 Å². The lowest BCUT2D eigenvalue weighted by atomic mass is 10.3. The number of aromatic nitrogens is 2. The van der Waals surface area contributed by atoms with Crippen molar-refractivity contribution in [2.45, 2.75) is 13.0 Å². The summed E-state index contributed by atoms with van der Waals surface area (Å²) in [7, 11) is 0. The number of aromatic amines is 1. The van der Waals surface area contributed by atoms with Gasteiger partial charge in [0.1, 0.15) is 4.20 Å². The zero-order chi connectivity index (χ0) is 8.43. The molecule has 5 heteroatoms. The topological polar surface area (TPSA) is 48.9 Å². The van der Waals surface area contributed by atoms with E-state index in [4.69, 9.17) is 17.3 Å². The normalized spacial score (nSPS) is 13.0. The van der Waals surface area contributed by atoms with Crippen molar-refractivity contribution in [2.24, 2.45) is 0 Å². The Labute approximate surface area is 75.3 Å². The van der Waals surface area contributed by atoms with Crippen LogP contribution in [0.2, 0.25) is 0 Å². The summed E-state index contributed by atoms with van der Waals surface area (Å²) in [6.45, 7) is 1.65. The number of aliphatic hydroxyl groups excluding tert-OH is 1. The van der Waals surface area contributed by atoms with Crippen molar-refractivity contribution in [1.29, 1.82) is 0 Å². The number of nitrogens with one attached hydrogen (secondary N) is 1. The first-order chi connectivity index (χ1) is 5.11. The van der Waals surface area contributed by atoms with Crippen LogP contribution < -0.4 is 0 Å². The fourth-order valence-corrected chi connectivity index (χ4v) is 0.874. The van der Waals surface area contributed by atoms with Gasteiger partial charge in [-0.25, -0.2) is 4.98 Å². The molecule has 11 heavy (non-hydrogen) atoms. The summed E-state index contributed by atoms with van der Waals surface area (Å²) in [4.78, 5) is 6.74. The Morgan fingerprint density at radius 2 is 2.55 bits per heavy atom. The number of imidazole rings is 1. The number of hydrogen-bond donors (Lipinski definition) is 3. The average Bonchev–Trinajstić information content (AvgIpc) is 2.33. The fourth-order valence-electron chi connectivity index (χ4n) is 0.656. The molecule has 1 atom stereocenters. The van der Waals surface area contributed by atoms with Crippen LogP contribution >= 0.6 is 24.8 Å². The molecule has 1 rings (SSSR count). The molecule has 2 N–H and O–H groups in total. The molecule has 60 valence electrons. The molecule has 1 aromatic heterocycles. The van der Waals surface area contributed by atoms with E-state index in [1.807, 2.05) is 0 Å². The summed E-state index contributed by atoms with van der Waals surface area (Å²) >= 11 is 8.68. The van der Waals surface area contributed by atoms with Crippen LogP contribution in [-0.4, -0.2) is 19.3 Å². The predicted octanol–water partition coefficient (Wildman–Crippen LogP) is 1.07. The number of hydrogen-bond acceptors (Lipinski definition) is 3. The standard InChI is InChI=1S/C6H8N2OS2/c1-3(9)4-2-7-5(8-4)6(10)11/h2-3,9H,1H3,(H,7,8)(H,10,11). The molecule has 0 spiro atoms. The Hall–Kier alpha value is -0.390. The molecular weight excluding hydrogens is 180 g/mol. The van der Waals surface area contributed by atoms with Crippen LogP contribution in [0.15, 0.2) is 6.20 Å². The molecule has 0 aliphatic heterocycles. The van der Waals surface area contributed by atoms with E-state index in [0.717, 1.165) is 0 Å². The minimum atomic E-state index is -0.543. The Balaban J connectivity index is 2.90. The van der Waals surface area contributed by atoms with Crippen molar-refractivity contribution >= 4 is 29.0 Å². The maximum absolute atomic E-state index is 9.08. The molecule has 1 heterocycles. The number of aliphatic hydroxyl groups is 1. The van der Waals surface area contributed by atoms with Crippen molar-refractivity contribution < 1.29 is 5.11 Å². The number of rotatable bonds is 2. The number of thiocarbonyl (C=S) groups is 1. The molecule has 0 bridgehead atoms. The Morgan fingerprint density at radius 3 is 2.82 bits per heavy atom. The van der Waals surface area contributed by atoms with Crippen LogP contribution in [0.4, 0.5) is 0 Å². The van der Waals surface area contributed by atoms with E-state index in [1.165, 1.54) is 0 Å². The van der Waals surface area contributed by atoms with Gasteiger partial charge in [-0.2, -0.15) is 0 Å². The van der Waals surface area contributed by atoms with E-state index < -0.39 is 6.10 Å². The first-order valence-corrected chi connectivity index (χ1v) is 3.93. The van der Waals surface area contributed by atoms with Gasteiger partial charge in [0, 0.05) is 0 Å². The van der Waals surface area contributed by atoms with Gasteiger partial charge in [0.2, 0.25) is 0 Å². The third-order valence-electron chi connectivity index (χ3n) is 1.25. The smallest absolute Gasteiger partial charge is 0.154 e. The van der Waals surface area contributed by atoms with Crippen LogP contribution in [-0.2, 0) is 0 Å². The number of nitrogens with zero attached hydrogens (tertiary/aromatic N) is 1. The van der Waals surface area contributed by atoms with Gasteiger partial charge in [-0.3, -0.25) is 0 Å². The highest BCUT2D eigenvalue weighted by Crippen LogP contribution is 2.09. The highest BCUT2D eigenvalue weighted by atomic mass is 32.1. The van der Waals surface area contributed by atoms with Crippen LogP contribution in [0.5, 0.6) is 0 Å². The third kappa shape index (κ3) is 2.02. The van der Waals surface area contributed by atoms with E-state index in [1.54, 1.807) is 13.1 Å². The maximum Gasteiger partial charge on any atom is 0.154 e. The van der Waals surface area contributed by atoms with E-state index >= 15 is 0 Å². The van der Waals surface area contributed by atoms with Gasteiger partial charge in [-0.15, -0.1) is 12.6 Å². The van der Waals surface area contributed by atoms with Crippen molar-refractivity contribution in [2.75, 3.05) is 0 Å². The lowest BCUT2D eigenvalue weighted by Crippen LogP contribution is -1.93. The lowest BCUT2D eigenvalue weighted by molar-refractivity contribution is 0.195. The molecule has 0 saturated heterocycles. The Morgan fingerprint density at radius 1 is 1.91 bits per heavy atom.